The van der Waals surface area contributed by atoms with Crippen molar-refractivity contribution in [1.82, 2.24) is 14.5 Å². The Labute approximate surface area is 229 Å². The van der Waals surface area contributed by atoms with E-state index >= 15 is 0 Å². The summed E-state index contributed by atoms with van der Waals surface area (Å²) in [4.78, 5) is 33.9. The maximum atomic E-state index is 13.8. The zero-order valence-electron chi connectivity index (χ0n) is 20.7. The number of fused-ring (bicyclic) bond motifs is 1. The van der Waals surface area contributed by atoms with Gasteiger partial charge in [-0.15, -0.1) is 0 Å². The Morgan fingerprint density at radius 1 is 1.03 bits per heavy atom. The van der Waals surface area contributed by atoms with Gasteiger partial charge in [-0.25, -0.2) is 9.78 Å². The minimum atomic E-state index is -0.638. The fraction of sp³-hybridized carbons (Fsp3) is 0.138. The zero-order valence-corrected chi connectivity index (χ0v) is 22.2. The van der Waals surface area contributed by atoms with Crippen molar-refractivity contribution in [3.63, 3.8) is 0 Å². The Morgan fingerprint density at radius 3 is 2.58 bits per heavy atom. The van der Waals surface area contributed by atoms with E-state index in [1.54, 1.807) is 58.2 Å². The summed E-state index contributed by atoms with van der Waals surface area (Å²) < 4.78 is 7.13. The third-order valence-corrected chi connectivity index (χ3v) is 6.98. The van der Waals surface area contributed by atoms with Gasteiger partial charge < -0.3 is 14.6 Å². The van der Waals surface area contributed by atoms with Gasteiger partial charge >= 0.3 is 6.03 Å². The van der Waals surface area contributed by atoms with Crippen molar-refractivity contribution in [2.24, 2.45) is 0 Å². The van der Waals surface area contributed by atoms with Crippen LogP contribution in [0.25, 0.3) is 16.6 Å². The second-order valence-electron chi connectivity index (χ2n) is 8.91. The third kappa shape index (κ3) is 5.16. The molecule has 0 bridgehead atoms. The number of carbonyl (C=O) groups excluding carboxylic acids is 1. The molecular formula is C29H24Cl2N4O3. The summed E-state index contributed by atoms with van der Waals surface area (Å²) >= 11 is 12.2. The van der Waals surface area contributed by atoms with Gasteiger partial charge in [0.1, 0.15) is 11.6 Å². The topological polar surface area (TPSA) is 80.4 Å². The van der Waals surface area contributed by atoms with Crippen molar-refractivity contribution < 1.29 is 9.21 Å². The van der Waals surface area contributed by atoms with Gasteiger partial charge in [0.2, 0.25) is 0 Å². The number of nitrogens with one attached hydrogen (secondary N) is 1. The van der Waals surface area contributed by atoms with Gasteiger partial charge in [0.15, 0.2) is 0 Å². The van der Waals surface area contributed by atoms with Crippen LogP contribution in [0.1, 0.15) is 30.1 Å². The molecule has 7 nitrogen and oxygen atoms in total. The maximum absolute atomic E-state index is 13.8. The van der Waals surface area contributed by atoms with Gasteiger partial charge in [0.25, 0.3) is 5.56 Å². The Bertz CT molecular complexity index is 1680. The number of hydrogen-bond acceptors (Lipinski definition) is 4. The average molecular weight is 547 g/mol. The highest BCUT2D eigenvalue weighted by Crippen LogP contribution is 2.28. The molecule has 2 amide bonds. The summed E-state index contributed by atoms with van der Waals surface area (Å²) in [5.74, 6) is 0.988. The van der Waals surface area contributed by atoms with Crippen LogP contribution in [0.4, 0.5) is 10.5 Å². The van der Waals surface area contributed by atoms with Crippen molar-refractivity contribution in [1.29, 1.82) is 0 Å². The molecule has 0 aliphatic rings. The number of nitrogens with zero attached hydrogens (tertiary/aromatic N) is 3. The molecule has 1 atom stereocenters. The molecule has 5 aromatic rings. The number of anilines is 1. The van der Waals surface area contributed by atoms with Crippen LogP contribution < -0.4 is 10.9 Å². The van der Waals surface area contributed by atoms with Gasteiger partial charge in [-0.2, -0.15) is 0 Å². The largest absolute Gasteiger partial charge is 0.467 e. The predicted molar refractivity (Wildman–Crippen MR) is 150 cm³/mol. The number of hydrogen-bond donors (Lipinski definition) is 1. The molecular weight excluding hydrogens is 523 g/mol. The Morgan fingerprint density at radius 2 is 1.84 bits per heavy atom. The van der Waals surface area contributed by atoms with Gasteiger partial charge in [0.05, 0.1) is 45.5 Å². The normalized spacial score (nSPS) is 11.9. The van der Waals surface area contributed by atoms with Crippen LogP contribution in [0.3, 0.4) is 0 Å². The lowest BCUT2D eigenvalue weighted by molar-refractivity contribution is 0.179. The van der Waals surface area contributed by atoms with Crippen LogP contribution >= 0.6 is 23.2 Å². The number of aromatic nitrogens is 2. The van der Waals surface area contributed by atoms with E-state index < -0.39 is 12.1 Å². The number of urea groups is 1. The van der Waals surface area contributed by atoms with Crippen LogP contribution in [0.15, 0.2) is 94.3 Å². The maximum Gasteiger partial charge on any atom is 0.322 e. The molecule has 0 aliphatic carbocycles. The van der Waals surface area contributed by atoms with Crippen molar-refractivity contribution >= 4 is 45.8 Å². The highest BCUT2D eigenvalue weighted by molar-refractivity contribution is 6.42. The molecule has 0 saturated carbocycles. The number of aryl methyl sites for hydroxylation is 1. The van der Waals surface area contributed by atoms with E-state index in [4.69, 9.17) is 32.6 Å². The summed E-state index contributed by atoms with van der Waals surface area (Å²) in [6.45, 7) is 3.93. The van der Waals surface area contributed by atoms with Crippen LogP contribution in [0.5, 0.6) is 0 Å². The molecule has 0 aliphatic heterocycles. The van der Waals surface area contributed by atoms with Crippen molar-refractivity contribution in [2.45, 2.75) is 26.4 Å². The van der Waals surface area contributed by atoms with Crippen molar-refractivity contribution in [3.05, 3.63) is 123 Å². The minimum Gasteiger partial charge on any atom is -0.467 e. The second kappa shape index (κ2) is 10.7. The van der Waals surface area contributed by atoms with E-state index in [0.717, 1.165) is 5.56 Å². The summed E-state index contributed by atoms with van der Waals surface area (Å²) in [6.07, 6.45) is 1.55. The molecule has 0 spiro atoms. The van der Waals surface area contributed by atoms with Crippen molar-refractivity contribution in [2.75, 3.05) is 5.32 Å². The van der Waals surface area contributed by atoms with Crippen molar-refractivity contribution in [3.8, 4) is 5.69 Å². The van der Waals surface area contributed by atoms with Gasteiger partial charge in [-0.1, -0.05) is 47.5 Å². The first-order valence-corrected chi connectivity index (χ1v) is 12.7. The van der Waals surface area contributed by atoms with E-state index in [1.165, 1.54) is 0 Å². The lowest BCUT2D eigenvalue weighted by Gasteiger charge is -2.30. The number of para-hydroxylation sites is 1. The number of rotatable bonds is 6. The molecule has 3 aromatic carbocycles. The molecule has 2 heterocycles. The first kappa shape index (κ1) is 25.6. The second-order valence-corrected chi connectivity index (χ2v) is 9.72. The number of benzene rings is 3. The van der Waals surface area contributed by atoms with E-state index in [2.05, 4.69) is 5.32 Å². The van der Waals surface area contributed by atoms with Crippen LogP contribution in [0.2, 0.25) is 10.0 Å². The number of halogens is 2. The molecule has 192 valence electrons. The first-order chi connectivity index (χ1) is 18.3. The predicted octanol–water partition coefficient (Wildman–Crippen LogP) is 7.39. The van der Waals surface area contributed by atoms with Crippen LogP contribution in [-0.4, -0.2) is 20.5 Å². The van der Waals surface area contributed by atoms with E-state index in [-0.39, 0.29) is 12.1 Å². The van der Waals surface area contributed by atoms with E-state index in [1.807, 2.05) is 50.2 Å². The fourth-order valence-electron chi connectivity index (χ4n) is 4.31. The third-order valence-electron chi connectivity index (χ3n) is 6.24. The summed E-state index contributed by atoms with van der Waals surface area (Å²) in [7, 11) is 0. The molecule has 1 N–H and O–H groups in total. The standard InChI is InChI=1S/C29H24Cl2N4O3/c1-18-7-5-8-21(15-18)35-27(33-26-11-4-3-10-23(26)28(35)36)19(2)34(17-22-9-6-14-38-22)29(37)32-20-12-13-24(30)25(31)16-20/h3-16,19H,17H2,1-2H3,(H,32,37). The van der Waals surface area contributed by atoms with Crippen LogP contribution in [0, 0.1) is 6.92 Å². The zero-order chi connectivity index (χ0) is 26.8. The Kier molecular flexibility index (Phi) is 7.22. The summed E-state index contributed by atoms with van der Waals surface area (Å²) in [5.41, 5.74) is 2.46. The fourth-order valence-corrected chi connectivity index (χ4v) is 4.61. The molecule has 38 heavy (non-hydrogen) atoms. The quantitative estimate of drug-likeness (QED) is 0.240. The lowest BCUT2D eigenvalue weighted by Crippen LogP contribution is -2.39. The van der Waals surface area contributed by atoms with E-state index in [0.29, 0.717) is 43.9 Å². The van der Waals surface area contributed by atoms with Gasteiger partial charge in [-0.05, 0) is 74.0 Å². The molecule has 0 radical (unpaired) electrons. The average Bonchev–Trinajstić information content (AvgIpc) is 3.42. The summed E-state index contributed by atoms with van der Waals surface area (Å²) in [5, 5.41) is 4.07. The minimum absolute atomic E-state index is 0.137. The number of furan rings is 1. The Hall–Kier alpha value is -4.07. The van der Waals surface area contributed by atoms with E-state index in [9.17, 15) is 9.59 Å². The first-order valence-electron chi connectivity index (χ1n) is 12.0. The van der Waals surface area contributed by atoms with Gasteiger partial charge in [0, 0.05) is 5.69 Å². The number of carbonyl (C=O) groups is 1. The van der Waals surface area contributed by atoms with Crippen LogP contribution in [-0.2, 0) is 6.54 Å². The Balaban J connectivity index is 1.63. The molecule has 0 fully saturated rings. The monoisotopic (exact) mass is 546 g/mol. The number of amides is 2. The molecule has 2 aromatic heterocycles. The summed E-state index contributed by atoms with van der Waals surface area (Å²) in [6, 6.07) is 22.1. The molecule has 0 saturated heterocycles. The molecule has 5 rings (SSSR count). The smallest absolute Gasteiger partial charge is 0.322 e. The molecule has 9 heteroatoms. The lowest BCUT2D eigenvalue weighted by atomic mass is 10.1. The van der Waals surface area contributed by atoms with Gasteiger partial charge in [-0.3, -0.25) is 9.36 Å². The highest BCUT2D eigenvalue weighted by Gasteiger charge is 2.28. The highest BCUT2D eigenvalue weighted by atomic mass is 35.5. The molecule has 1 unspecified atom stereocenters. The SMILES string of the molecule is Cc1cccc(-n2c(C(C)N(Cc3ccco3)C(=O)Nc3ccc(Cl)c(Cl)c3)nc3ccccc3c2=O)c1.